The Morgan fingerprint density at radius 2 is 2.25 bits per heavy atom. The zero-order valence-electron chi connectivity index (χ0n) is 8.31. The summed E-state index contributed by atoms with van der Waals surface area (Å²) in [5.74, 6) is -0.497. The van der Waals surface area contributed by atoms with Gasteiger partial charge in [-0.05, 0) is 12.1 Å². The lowest BCUT2D eigenvalue weighted by molar-refractivity contribution is 0.0603. The van der Waals surface area contributed by atoms with Crippen molar-refractivity contribution >= 4 is 39.7 Å². The molecule has 1 aromatic heterocycles. The maximum Gasteiger partial charge on any atom is 0.340 e. The maximum absolute atomic E-state index is 11.8. The molecule has 2 rings (SSSR count). The molecule has 1 heterocycles. The summed E-state index contributed by atoms with van der Waals surface area (Å²) in [6.45, 7) is 0. The predicted molar refractivity (Wildman–Crippen MR) is 66.8 cm³/mol. The fourth-order valence-corrected chi connectivity index (χ4v) is 1.79. The zero-order valence-corrected chi connectivity index (χ0v) is 10.5. The van der Waals surface area contributed by atoms with Crippen LogP contribution in [-0.2, 0) is 4.74 Å². The van der Waals surface area contributed by atoms with Crippen LogP contribution in [0.15, 0.2) is 29.3 Å². The number of ether oxygens (including phenoxy) is 1. The lowest BCUT2D eigenvalue weighted by atomic mass is 10.1. The molecule has 1 aromatic carbocycles. The van der Waals surface area contributed by atoms with Crippen molar-refractivity contribution < 1.29 is 9.53 Å². The van der Waals surface area contributed by atoms with E-state index in [1.54, 1.807) is 18.2 Å². The number of esters is 1. The summed E-state index contributed by atoms with van der Waals surface area (Å²) in [5.41, 5.74) is 0.470. The molecule has 0 saturated carbocycles. The average Bonchev–Trinajstić information content (AvgIpc) is 2.32. The van der Waals surface area contributed by atoms with Gasteiger partial charge in [0, 0.05) is 0 Å². The molecular weight excluding hydrogens is 323 g/mol. The van der Waals surface area contributed by atoms with Crippen LogP contribution < -0.4 is 5.56 Å². The van der Waals surface area contributed by atoms with Crippen LogP contribution in [0.4, 0.5) is 0 Å². The summed E-state index contributed by atoms with van der Waals surface area (Å²) >= 11 is 1.84. The van der Waals surface area contributed by atoms with E-state index < -0.39 is 5.97 Å². The van der Waals surface area contributed by atoms with Gasteiger partial charge in [0.25, 0.3) is 5.56 Å². The number of nitrogens with zero attached hydrogens (tertiary/aromatic N) is 2. The highest BCUT2D eigenvalue weighted by molar-refractivity contribution is 14.1. The molecule has 16 heavy (non-hydrogen) atoms. The molecule has 0 radical (unpaired) electrons. The van der Waals surface area contributed by atoms with Gasteiger partial charge in [0.1, 0.15) is 6.33 Å². The second-order valence-electron chi connectivity index (χ2n) is 3.05. The summed E-state index contributed by atoms with van der Waals surface area (Å²) in [7, 11) is 1.29. The van der Waals surface area contributed by atoms with Crippen LogP contribution in [0, 0.1) is 0 Å². The Hall–Kier alpha value is -1.44. The first-order valence-corrected chi connectivity index (χ1v) is 5.36. The number of carbonyl (C=O) groups is 1. The molecule has 0 bridgehead atoms. The van der Waals surface area contributed by atoms with Gasteiger partial charge < -0.3 is 4.74 Å². The molecule has 0 amide bonds. The SMILES string of the molecule is COC(=O)c1cccc2c(=O)n(I)cnc12. The molecular formula is C10H7IN2O3. The molecule has 0 N–H and O–H groups in total. The van der Waals surface area contributed by atoms with Crippen LogP contribution in [-0.4, -0.2) is 20.8 Å². The molecule has 0 saturated heterocycles. The van der Waals surface area contributed by atoms with Gasteiger partial charge in [-0.15, -0.1) is 0 Å². The number of hydrogen-bond acceptors (Lipinski definition) is 4. The van der Waals surface area contributed by atoms with Crippen molar-refractivity contribution in [2.75, 3.05) is 7.11 Å². The molecule has 0 aliphatic heterocycles. The molecule has 0 spiro atoms. The summed E-state index contributed by atoms with van der Waals surface area (Å²) in [5, 5.41) is 0.403. The molecule has 82 valence electrons. The van der Waals surface area contributed by atoms with Crippen molar-refractivity contribution in [2.24, 2.45) is 0 Å². The van der Waals surface area contributed by atoms with Crippen LogP contribution in [0.2, 0.25) is 0 Å². The largest absolute Gasteiger partial charge is 0.465 e. The molecule has 0 aliphatic rings. The van der Waals surface area contributed by atoms with Crippen LogP contribution in [0.3, 0.4) is 0 Å². The summed E-state index contributed by atoms with van der Waals surface area (Å²) in [6, 6.07) is 4.85. The van der Waals surface area contributed by atoms with Crippen LogP contribution >= 0.6 is 22.9 Å². The van der Waals surface area contributed by atoms with E-state index in [2.05, 4.69) is 9.72 Å². The standard InChI is InChI=1S/C10H7IN2O3/c1-16-10(15)7-4-2-3-6-8(7)12-5-13(11)9(6)14/h2-5H,1H3. The van der Waals surface area contributed by atoms with E-state index in [4.69, 9.17) is 0 Å². The Bertz CT molecular complexity index is 621. The normalized spacial score (nSPS) is 10.4. The average molecular weight is 330 g/mol. The van der Waals surface area contributed by atoms with E-state index in [9.17, 15) is 9.59 Å². The molecule has 0 aliphatic carbocycles. The fourth-order valence-electron chi connectivity index (χ4n) is 1.41. The number of benzene rings is 1. The summed E-state index contributed by atoms with van der Waals surface area (Å²) in [6.07, 6.45) is 1.37. The highest BCUT2D eigenvalue weighted by Gasteiger charge is 2.13. The maximum atomic E-state index is 11.8. The molecule has 6 heteroatoms. The number of hydrogen-bond donors (Lipinski definition) is 0. The van der Waals surface area contributed by atoms with Crippen molar-refractivity contribution in [1.29, 1.82) is 0 Å². The molecule has 5 nitrogen and oxygen atoms in total. The number of para-hydroxylation sites is 1. The number of fused-ring (bicyclic) bond motifs is 1. The smallest absolute Gasteiger partial charge is 0.340 e. The number of halogens is 1. The van der Waals surface area contributed by atoms with E-state index in [0.717, 1.165) is 0 Å². The highest BCUT2D eigenvalue weighted by Crippen LogP contribution is 2.14. The van der Waals surface area contributed by atoms with Crippen molar-refractivity contribution in [3.63, 3.8) is 0 Å². The minimum absolute atomic E-state index is 0.198. The monoisotopic (exact) mass is 330 g/mol. The Morgan fingerprint density at radius 1 is 1.50 bits per heavy atom. The lowest BCUT2D eigenvalue weighted by Crippen LogP contribution is -2.14. The van der Waals surface area contributed by atoms with E-state index >= 15 is 0 Å². The Morgan fingerprint density at radius 3 is 2.94 bits per heavy atom. The Kier molecular flexibility index (Phi) is 2.90. The topological polar surface area (TPSA) is 61.2 Å². The molecule has 2 aromatic rings. The summed E-state index contributed by atoms with van der Waals surface area (Å²) < 4.78 is 5.96. The van der Waals surface area contributed by atoms with Gasteiger partial charge in [-0.2, -0.15) is 0 Å². The van der Waals surface area contributed by atoms with Gasteiger partial charge in [0.2, 0.25) is 0 Å². The lowest BCUT2D eigenvalue weighted by Gasteiger charge is -2.03. The van der Waals surface area contributed by atoms with Crippen molar-refractivity contribution in [1.82, 2.24) is 7.76 Å². The minimum atomic E-state index is -0.497. The first-order valence-electron chi connectivity index (χ1n) is 4.40. The van der Waals surface area contributed by atoms with E-state index in [1.165, 1.54) is 16.2 Å². The van der Waals surface area contributed by atoms with Gasteiger partial charge in [-0.1, -0.05) is 6.07 Å². The summed E-state index contributed by atoms with van der Waals surface area (Å²) in [4.78, 5) is 27.3. The van der Waals surface area contributed by atoms with Crippen LogP contribution in [0.1, 0.15) is 10.4 Å². The first kappa shape index (κ1) is 11.1. The van der Waals surface area contributed by atoms with Gasteiger partial charge >= 0.3 is 5.97 Å². The second-order valence-corrected chi connectivity index (χ2v) is 4.09. The zero-order chi connectivity index (χ0) is 11.7. The molecule has 0 atom stereocenters. The quantitative estimate of drug-likeness (QED) is 0.586. The number of aromatic nitrogens is 2. The van der Waals surface area contributed by atoms with E-state index in [1.807, 2.05) is 22.9 Å². The van der Waals surface area contributed by atoms with Crippen molar-refractivity contribution in [3.05, 3.63) is 40.4 Å². The highest BCUT2D eigenvalue weighted by atomic mass is 127. The van der Waals surface area contributed by atoms with Crippen LogP contribution in [0.5, 0.6) is 0 Å². The van der Waals surface area contributed by atoms with E-state index in [0.29, 0.717) is 16.5 Å². The molecule has 0 unspecified atom stereocenters. The first-order chi connectivity index (χ1) is 7.65. The minimum Gasteiger partial charge on any atom is -0.465 e. The third-order valence-electron chi connectivity index (χ3n) is 2.15. The fraction of sp³-hybridized carbons (Fsp3) is 0.100. The van der Waals surface area contributed by atoms with Gasteiger partial charge in [0.05, 0.1) is 46.4 Å². The van der Waals surface area contributed by atoms with Crippen molar-refractivity contribution in [2.45, 2.75) is 0 Å². The number of methoxy groups -OCH3 is 1. The van der Waals surface area contributed by atoms with Gasteiger partial charge in [-0.3, -0.25) is 4.79 Å². The Labute approximate surface area is 105 Å². The second kappa shape index (κ2) is 4.20. The Balaban J connectivity index is 2.85. The third kappa shape index (κ3) is 1.69. The molecule has 0 fully saturated rings. The van der Waals surface area contributed by atoms with Crippen LogP contribution in [0.25, 0.3) is 10.9 Å². The predicted octanol–water partition coefficient (Wildman–Crippen LogP) is 1.38. The van der Waals surface area contributed by atoms with Crippen molar-refractivity contribution in [3.8, 4) is 0 Å². The van der Waals surface area contributed by atoms with Gasteiger partial charge in [-0.25, -0.2) is 12.6 Å². The third-order valence-corrected chi connectivity index (χ3v) is 2.84. The van der Waals surface area contributed by atoms with Gasteiger partial charge in [0.15, 0.2) is 0 Å². The number of carbonyl (C=O) groups excluding carboxylic acids is 1. The number of rotatable bonds is 1. The van der Waals surface area contributed by atoms with E-state index in [-0.39, 0.29) is 5.56 Å².